The van der Waals surface area contributed by atoms with Gasteiger partial charge in [-0.1, -0.05) is 6.92 Å². The second-order valence-electron chi connectivity index (χ2n) is 5.04. The zero-order valence-corrected chi connectivity index (χ0v) is 11.3. The molecular weight excluding hydrogens is 242 g/mol. The van der Waals surface area contributed by atoms with Crippen molar-refractivity contribution < 1.29 is 9.52 Å². The molecule has 2 heterocycles. The number of carbonyl (C=O) groups excluding carboxylic acids is 1. The van der Waals surface area contributed by atoms with Gasteiger partial charge in [0.15, 0.2) is 12.4 Å². The largest absolute Gasteiger partial charge is 0.619 e. The highest BCUT2D eigenvalue weighted by Crippen LogP contribution is 2.11. The highest BCUT2D eigenvalue weighted by molar-refractivity contribution is 5.94. The summed E-state index contributed by atoms with van der Waals surface area (Å²) in [6, 6.07) is 3.35. The van der Waals surface area contributed by atoms with E-state index in [0.29, 0.717) is 10.3 Å². The smallest absolute Gasteiger partial charge is 0.251 e. The number of carbonyl (C=O) groups is 1. The van der Waals surface area contributed by atoms with E-state index >= 15 is 0 Å². The number of hydrogen-bond donors (Lipinski definition) is 1. The van der Waals surface area contributed by atoms with Gasteiger partial charge in [0.25, 0.3) is 5.91 Å². The molecule has 1 fully saturated rings. The zero-order chi connectivity index (χ0) is 13.7. The summed E-state index contributed by atoms with van der Waals surface area (Å²) in [5.74, 6) is -0.0884. The van der Waals surface area contributed by atoms with Crippen molar-refractivity contribution in [1.29, 1.82) is 0 Å². The minimum Gasteiger partial charge on any atom is -0.619 e. The fraction of sp³-hybridized carbons (Fsp3) is 0.571. The first-order chi connectivity index (χ1) is 9.19. The molecule has 0 saturated carbocycles. The average Bonchev–Trinajstić information content (AvgIpc) is 2.42. The summed E-state index contributed by atoms with van der Waals surface area (Å²) in [6.07, 6.45) is 5.87. The number of nitrogens with one attached hydrogen (secondary N) is 1. The first-order valence-corrected chi connectivity index (χ1v) is 6.91. The van der Waals surface area contributed by atoms with E-state index in [2.05, 4.69) is 17.1 Å². The van der Waals surface area contributed by atoms with Crippen LogP contribution in [0.3, 0.4) is 0 Å². The van der Waals surface area contributed by atoms with Gasteiger partial charge < -0.3 is 15.4 Å². The molecular formula is C14H21N3O2. The molecule has 5 heteroatoms. The highest BCUT2D eigenvalue weighted by Gasteiger charge is 2.20. The molecule has 0 bridgehead atoms. The molecule has 0 atom stereocenters. The lowest BCUT2D eigenvalue weighted by Crippen LogP contribution is -2.44. The summed E-state index contributed by atoms with van der Waals surface area (Å²) in [5, 5.41) is 14.0. The third-order valence-electron chi connectivity index (χ3n) is 3.53. The molecule has 19 heavy (non-hydrogen) atoms. The predicted octanol–water partition coefficient (Wildman–Crippen LogP) is 0.924. The molecule has 104 valence electrons. The normalized spacial score (nSPS) is 17.3. The molecule has 2 rings (SSSR count). The molecule has 1 saturated heterocycles. The van der Waals surface area contributed by atoms with Gasteiger partial charge in [-0.15, -0.1) is 0 Å². The second kappa shape index (κ2) is 6.52. The number of hydrogen-bond acceptors (Lipinski definition) is 3. The number of likely N-dealkylation sites (tertiary alicyclic amines) is 1. The second-order valence-corrected chi connectivity index (χ2v) is 5.04. The van der Waals surface area contributed by atoms with Crippen LogP contribution in [0, 0.1) is 5.21 Å². The van der Waals surface area contributed by atoms with Gasteiger partial charge in [-0.2, -0.15) is 4.73 Å². The Morgan fingerprint density at radius 1 is 1.42 bits per heavy atom. The molecule has 1 aliphatic heterocycles. The topological polar surface area (TPSA) is 59.3 Å². The van der Waals surface area contributed by atoms with Crippen LogP contribution in [0.15, 0.2) is 24.5 Å². The first-order valence-electron chi connectivity index (χ1n) is 6.91. The molecule has 1 aliphatic rings. The van der Waals surface area contributed by atoms with Gasteiger partial charge >= 0.3 is 0 Å². The molecule has 1 aromatic rings. The lowest BCUT2D eigenvalue weighted by molar-refractivity contribution is -0.605. The van der Waals surface area contributed by atoms with Crippen LogP contribution in [-0.2, 0) is 0 Å². The minimum atomic E-state index is -0.0884. The molecule has 1 amide bonds. The summed E-state index contributed by atoms with van der Waals surface area (Å²) < 4.78 is 0.681. The van der Waals surface area contributed by atoms with Gasteiger partial charge in [0.2, 0.25) is 0 Å². The standard InChI is InChI=1S/C14H21N3O2/c1-2-7-16-8-5-13(6-9-16)15-14(18)12-3-10-17(19)11-4-12/h3-4,10-11,13H,2,5-9H2,1H3,(H,15,18). The van der Waals surface area contributed by atoms with Crippen molar-refractivity contribution in [2.45, 2.75) is 32.2 Å². The van der Waals surface area contributed by atoms with Crippen LogP contribution in [0.25, 0.3) is 0 Å². The predicted molar refractivity (Wildman–Crippen MR) is 72.6 cm³/mol. The molecule has 0 aliphatic carbocycles. The summed E-state index contributed by atoms with van der Waals surface area (Å²) in [4.78, 5) is 14.4. The monoisotopic (exact) mass is 263 g/mol. The molecule has 1 N–H and O–H groups in total. The maximum Gasteiger partial charge on any atom is 0.251 e. The van der Waals surface area contributed by atoms with Gasteiger partial charge in [-0.3, -0.25) is 4.79 Å². The maximum absolute atomic E-state index is 12.0. The van der Waals surface area contributed by atoms with Crippen molar-refractivity contribution in [3.63, 3.8) is 0 Å². The Hall–Kier alpha value is -1.62. The fourth-order valence-corrected chi connectivity index (χ4v) is 2.45. The number of amides is 1. The number of nitrogens with zero attached hydrogens (tertiary/aromatic N) is 2. The summed E-state index contributed by atoms with van der Waals surface area (Å²) in [5.41, 5.74) is 0.545. The summed E-state index contributed by atoms with van der Waals surface area (Å²) in [7, 11) is 0. The summed E-state index contributed by atoms with van der Waals surface area (Å²) >= 11 is 0. The summed E-state index contributed by atoms with van der Waals surface area (Å²) in [6.45, 7) is 5.43. The van der Waals surface area contributed by atoms with Crippen LogP contribution in [0.5, 0.6) is 0 Å². The van der Waals surface area contributed by atoms with Gasteiger partial charge in [-0.05, 0) is 25.8 Å². The van der Waals surface area contributed by atoms with E-state index < -0.39 is 0 Å². The van der Waals surface area contributed by atoms with E-state index in [4.69, 9.17) is 0 Å². The van der Waals surface area contributed by atoms with Crippen LogP contribution in [0.1, 0.15) is 36.5 Å². The van der Waals surface area contributed by atoms with Crippen molar-refractivity contribution in [2.75, 3.05) is 19.6 Å². The van der Waals surface area contributed by atoms with E-state index in [-0.39, 0.29) is 11.9 Å². The lowest BCUT2D eigenvalue weighted by atomic mass is 10.0. The Bertz CT molecular complexity index is 411. The Morgan fingerprint density at radius 2 is 2.05 bits per heavy atom. The molecule has 1 aromatic heterocycles. The third kappa shape index (κ3) is 3.92. The van der Waals surface area contributed by atoms with Crippen molar-refractivity contribution in [2.24, 2.45) is 0 Å². The van der Waals surface area contributed by atoms with Gasteiger partial charge in [0, 0.05) is 31.3 Å². The lowest BCUT2D eigenvalue weighted by Gasteiger charge is -2.32. The number of rotatable bonds is 4. The van der Waals surface area contributed by atoms with Crippen LogP contribution in [0.2, 0.25) is 0 Å². The molecule has 0 spiro atoms. The Morgan fingerprint density at radius 3 is 2.63 bits per heavy atom. The minimum absolute atomic E-state index is 0.0884. The van der Waals surface area contributed by atoms with Crippen LogP contribution in [0.4, 0.5) is 0 Å². The Balaban J connectivity index is 1.82. The first kappa shape index (κ1) is 13.8. The van der Waals surface area contributed by atoms with Crippen molar-refractivity contribution in [3.8, 4) is 0 Å². The van der Waals surface area contributed by atoms with Crippen molar-refractivity contribution in [3.05, 3.63) is 35.3 Å². The van der Waals surface area contributed by atoms with Crippen LogP contribution >= 0.6 is 0 Å². The molecule has 0 radical (unpaired) electrons. The van der Waals surface area contributed by atoms with Crippen LogP contribution < -0.4 is 10.0 Å². The number of aromatic nitrogens is 1. The quantitative estimate of drug-likeness (QED) is 0.649. The molecule has 0 aromatic carbocycles. The molecule has 0 unspecified atom stereocenters. The third-order valence-corrected chi connectivity index (χ3v) is 3.53. The van der Waals surface area contributed by atoms with E-state index in [0.717, 1.165) is 32.5 Å². The van der Waals surface area contributed by atoms with Crippen LogP contribution in [-0.4, -0.2) is 36.5 Å². The number of piperidine rings is 1. The molecule has 5 nitrogen and oxygen atoms in total. The highest BCUT2D eigenvalue weighted by atomic mass is 16.5. The van der Waals surface area contributed by atoms with Crippen molar-refractivity contribution in [1.82, 2.24) is 10.2 Å². The average molecular weight is 263 g/mol. The van der Waals surface area contributed by atoms with Gasteiger partial charge in [0.05, 0.1) is 5.56 Å². The van der Waals surface area contributed by atoms with E-state index in [1.54, 1.807) is 12.1 Å². The van der Waals surface area contributed by atoms with E-state index in [1.165, 1.54) is 18.8 Å². The Labute approximate surface area is 113 Å². The maximum atomic E-state index is 12.0. The van der Waals surface area contributed by atoms with Crippen molar-refractivity contribution >= 4 is 5.91 Å². The van der Waals surface area contributed by atoms with E-state index in [1.807, 2.05) is 0 Å². The SMILES string of the molecule is CCCN1CCC(NC(=O)c2cc[n+]([O-])cc2)CC1. The van der Waals surface area contributed by atoms with Gasteiger partial charge in [0.1, 0.15) is 0 Å². The number of pyridine rings is 1. The van der Waals surface area contributed by atoms with Gasteiger partial charge in [-0.25, -0.2) is 0 Å². The zero-order valence-electron chi connectivity index (χ0n) is 11.3. The Kier molecular flexibility index (Phi) is 4.74. The fourth-order valence-electron chi connectivity index (χ4n) is 2.45. The van der Waals surface area contributed by atoms with E-state index in [9.17, 15) is 10.0 Å².